The van der Waals surface area contributed by atoms with Crippen LogP contribution in [0.4, 0.5) is 5.95 Å². The van der Waals surface area contributed by atoms with Gasteiger partial charge < -0.3 is 0 Å². The van der Waals surface area contributed by atoms with E-state index in [9.17, 15) is 0 Å². The first-order valence-electron chi connectivity index (χ1n) is 8.92. The molecule has 3 aromatic rings. The fourth-order valence-electron chi connectivity index (χ4n) is 3.27. The van der Waals surface area contributed by atoms with E-state index in [1.165, 1.54) is 10.5 Å². The van der Waals surface area contributed by atoms with Crippen molar-refractivity contribution in [3.8, 4) is 0 Å². The number of anilines is 1. The minimum Gasteiger partial charge on any atom is -0.273 e. The Kier molecular flexibility index (Phi) is 4.50. The van der Waals surface area contributed by atoms with Crippen LogP contribution < -0.4 is 20.5 Å². The summed E-state index contributed by atoms with van der Waals surface area (Å²) in [7, 11) is 0. The van der Waals surface area contributed by atoms with Gasteiger partial charge in [0.05, 0.1) is 11.2 Å². The topological polar surface area (TPSA) is 68.2 Å². The number of nitrogens with one attached hydrogen (secondary N) is 4. The summed E-state index contributed by atoms with van der Waals surface area (Å²) in [5, 5.41) is 7.78. The summed E-state index contributed by atoms with van der Waals surface area (Å²) in [6.07, 6.45) is 0. The molecule has 0 aliphatic carbocycles. The van der Waals surface area contributed by atoms with E-state index in [1.54, 1.807) is 0 Å². The van der Waals surface area contributed by atoms with Crippen molar-refractivity contribution in [3.63, 3.8) is 0 Å². The van der Waals surface area contributed by atoms with Gasteiger partial charge in [0.2, 0.25) is 0 Å². The molecule has 1 aromatic heterocycles. The standard InChI is InChI=1S/C20H22N6/c1-14-7-6-10-17-15(2)23-20(24-18(14)17)25-19-21-12-26(13-22-19)11-16-8-4-3-5-9-16/h3-10H,11-13H2,1-2H3,(H2,21,22,23,24,25)/p+2. The molecule has 1 aliphatic heterocycles. The van der Waals surface area contributed by atoms with Gasteiger partial charge >= 0.3 is 5.96 Å². The van der Waals surface area contributed by atoms with Gasteiger partial charge in [0.1, 0.15) is 6.54 Å². The van der Waals surface area contributed by atoms with Crippen molar-refractivity contribution in [2.45, 2.75) is 20.4 Å². The Labute approximate surface area is 153 Å². The average Bonchev–Trinajstić information content (AvgIpc) is 2.65. The second-order valence-corrected chi connectivity index (χ2v) is 6.72. The minimum atomic E-state index is 0.616. The van der Waals surface area contributed by atoms with Crippen LogP contribution in [0.25, 0.3) is 10.9 Å². The summed E-state index contributed by atoms with van der Waals surface area (Å²) < 4.78 is 0. The van der Waals surface area contributed by atoms with Crippen LogP contribution in [-0.4, -0.2) is 29.3 Å². The number of nitrogens with zero attached hydrogens (tertiary/aromatic N) is 2. The third-order valence-corrected chi connectivity index (χ3v) is 4.68. The lowest BCUT2D eigenvalue weighted by Crippen LogP contribution is -3.23. The molecular weight excluding hydrogens is 324 g/mol. The van der Waals surface area contributed by atoms with E-state index in [2.05, 4.69) is 75.0 Å². The summed E-state index contributed by atoms with van der Waals surface area (Å²) >= 11 is 0. The molecule has 2 heterocycles. The quantitative estimate of drug-likeness (QED) is 0.525. The van der Waals surface area contributed by atoms with Gasteiger partial charge in [-0.3, -0.25) is 4.90 Å². The molecule has 0 bridgehead atoms. The first-order chi connectivity index (χ1) is 12.7. The minimum absolute atomic E-state index is 0.616. The van der Waals surface area contributed by atoms with Crippen LogP contribution in [0.5, 0.6) is 0 Å². The van der Waals surface area contributed by atoms with Crippen molar-refractivity contribution in [2.75, 3.05) is 18.7 Å². The molecule has 0 radical (unpaired) electrons. The number of fused-ring (bicyclic) bond motifs is 1. The molecule has 1 unspecified atom stereocenters. The number of aromatic nitrogens is 2. The Bertz CT molecular complexity index is 951. The second kappa shape index (κ2) is 7.09. The molecule has 6 nitrogen and oxygen atoms in total. The summed E-state index contributed by atoms with van der Waals surface area (Å²) in [5.41, 5.74) is 4.47. The van der Waals surface area contributed by atoms with Crippen molar-refractivity contribution in [2.24, 2.45) is 0 Å². The van der Waals surface area contributed by atoms with Crippen LogP contribution in [0.1, 0.15) is 16.8 Å². The number of guanidine groups is 1. The lowest BCUT2D eigenvalue weighted by molar-refractivity contribution is -0.991. The van der Waals surface area contributed by atoms with E-state index in [0.29, 0.717) is 5.95 Å². The van der Waals surface area contributed by atoms with Gasteiger partial charge in [-0.1, -0.05) is 48.5 Å². The van der Waals surface area contributed by atoms with Gasteiger partial charge in [0.25, 0.3) is 5.95 Å². The maximum Gasteiger partial charge on any atom is 0.359 e. The number of benzene rings is 2. The zero-order chi connectivity index (χ0) is 17.9. The molecule has 132 valence electrons. The Morgan fingerprint density at radius 1 is 1.08 bits per heavy atom. The zero-order valence-electron chi connectivity index (χ0n) is 15.1. The molecular formula is C20H24N6+2. The molecule has 0 amide bonds. The fourth-order valence-corrected chi connectivity index (χ4v) is 3.27. The SMILES string of the molecule is Cc1nc(NC2=[NH+]C[NH+](Cc3ccccc3)CN2)nc2c(C)cccc12. The van der Waals surface area contributed by atoms with E-state index in [4.69, 9.17) is 0 Å². The maximum atomic E-state index is 4.69. The monoisotopic (exact) mass is 348 g/mol. The first kappa shape index (κ1) is 16.5. The first-order valence-corrected chi connectivity index (χ1v) is 8.92. The maximum absolute atomic E-state index is 4.69. The van der Waals surface area contributed by atoms with E-state index < -0.39 is 0 Å². The third-order valence-electron chi connectivity index (χ3n) is 4.68. The lowest BCUT2D eigenvalue weighted by atomic mass is 10.1. The van der Waals surface area contributed by atoms with Gasteiger partial charge in [-0.15, -0.1) is 0 Å². The molecule has 2 aromatic carbocycles. The molecule has 0 saturated heterocycles. The molecule has 0 spiro atoms. The van der Waals surface area contributed by atoms with Crippen molar-refractivity contribution < 1.29 is 9.89 Å². The van der Waals surface area contributed by atoms with Crippen LogP contribution in [-0.2, 0) is 6.54 Å². The normalized spacial score (nSPS) is 16.8. The molecule has 1 atom stereocenters. The summed E-state index contributed by atoms with van der Waals surface area (Å²) in [6, 6.07) is 16.7. The molecule has 1 aliphatic rings. The van der Waals surface area contributed by atoms with Crippen molar-refractivity contribution in [3.05, 3.63) is 65.4 Å². The number of hydrogen-bond donors (Lipinski definition) is 4. The van der Waals surface area contributed by atoms with Gasteiger partial charge in [-0.05, 0) is 19.4 Å². The smallest absolute Gasteiger partial charge is 0.273 e. The number of rotatable bonds is 3. The Morgan fingerprint density at radius 2 is 1.92 bits per heavy atom. The van der Waals surface area contributed by atoms with E-state index >= 15 is 0 Å². The number of quaternary nitrogens is 1. The average molecular weight is 348 g/mol. The highest BCUT2D eigenvalue weighted by Crippen LogP contribution is 2.19. The second-order valence-electron chi connectivity index (χ2n) is 6.72. The number of aryl methyl sites for hydroxylation is 2. The van der Waals surface area contributed by atoms with E-state index in [1.807, 2.05) is 13.0 Å². The molecule has 0 fully saturated rings. The van der Waals surface area contributed by atoms with Gasteiger partial charge in [-0.2, -0.15) is 4.98 Å². The predicted molar refractivity (Wildman–Crippen MR) is 103 cm³/mol. The number of hydrogen-bond acceptors (Lipinski definition) is 4. The molecule has 4 N–H and O–H groups in total. The highest BCUT2D eigenvalue weighted by Gasteiger charge is 2.21. The van der Waals surface area contributed by atoms with Gasteiger partial charge in [0.15, 0.2) is 13.3 Å². The summed E-state index contributed by atoms with van der Waals surface area (Å²) in [5.74, 6) is 1.47. The van der Waals surface area contributed by atoms with Gasteiger partial charge in [-0.25, -0.2) is 20.6 Å². The molecule has 26 heavy (non-hydrogen) atoms. The third kappa shape index (κ3) is 3.50. The predicted octanol–water partition coefficient (Wildman–Crippen LogP) is -0.302. The largest absolute Gasteiger partial charge is 0.359 e. The van der Waals surface area contributed by atoms with Crippen molar-refractivity contribution in [1.82, 2.24) is 15.3 Å². The summed E-state index contributed by atoms with van der Waals surface area (Å²) in [4.78, 5) is 14.1. The summed E-state index contributed by atoms with van der Waals surface area (Å²) in [6.45, 7) is 6.77. The Hall–Kier alpha value is -2.99. The van der Waals surface area contributed by atoms with Gasteiger partial charge in [0, 0.05) is 10.9 Å². The van der Waals surface area contributed by atoms with Crippen LogP contribution in [0.2, 0.25) is 0 Å². The Balaban J connectivity index is 1.47. The fraction of sp³-hybridized carbons (Fsp3) is 0.250. The van der Waals surface area contributed by atoms with Crippen molar-refractivity contribution >= 4 is 22.8 Å². The number of para-hydroxylation sites is 1. The van der Waals surface area contributed by atoms with Crippen molar-refractivity contribution in [1.29, 1.82) is 0 Å². The zero-order valence-corrected chi connectivity index (χ0v) is 15.1. The molecule has 6 heteroatoms. The van der Waals surface area contributed by atoms with E-state index in [0.717, 1.165) is 48.0 Å². The highest BCUT2D eigenvalue weighted by atomic mass is 15.4. The molecule has 4 rings (SSSR count). The Morgan fingerprint density at radius 3 is 2.69 bits per heavy atom. The van der Waals surface area contributed by atoms with Crippen LogP contribution in [0, 0.1) is 13.8 Å². The van der Waals surface area contributed by atoms with Crippen LogP contribution >= 0.6 is 0 Å². The van der Waals surface area contributed by atoms with E-state index in [-0.39, 0.29) is 0 Å². The highest BCUT2D eigenvalue weighted by molar-refractivity contribution is 5.90. The lowest BCUT2D eigenvalue weighted by Gasteiger charge is -2.20. The molecule has 0 saturated carbocycles. The van der Waals surface area contributed by atoms with Crippen LogP contribution in [0.3, 0.4) is 0 Å². The van der Waals surface area contributed by atoms with Crippen LogP contribution in [0.15, 0.2) is 48.5 Å².